The van der Waals surface area contributed by atoms with Crippen LogP contribution in [0.3, 0.4) is 0 Å². The maximum atomic E-state index is 14.1. The van der Waals surface area contributed by atoms with E-state index < -0.39 is 30.3 Å². The van der Waals surface area contributed by atoms with Crippen LogP contribution < -0.4 is 0 Å². The normalized spacial score (nSPS) is 19.8. The van der Waals surface area contributed by atoms with Gasteiger partial charge in [-0.15, -0.1) is 0 Å². The highest BCUT2D eigenvalue weighted by molar-refractivity contribution is 5.90. The lowest BCUT2D eigenvalue weighted by atomic mass is 9.86. The Morgan fingerprint density at radius 3 is 2.20 bits per heavy atom. The van der Waals surface area contributed by atoms with E-state index in [0.29, 0.717) is 19.4 Å². The Kier molecular flexibility index (Phi) is 18.2. The van der Waals surface area contributed by atoms with Gasteiger partial charge in [-0.1, -0.05) is 47.1 Å². The first-order valence-electron chi connectivity index (χ1n) is 18.5. The fourth-order valence-corrected chi connectivity index (χ4v) is 7.88. The van der Waals surface area contributed by atoms with Crippen LogP contribution in [-0.2, 0) is 35.1 Å². The largest absolute Gasteiger partial charge is 0.393 e. The Morgan fingerprint density at radius 2 is 1.68 bits per heavy atom. The number of rotatable bonds is 22. The minimum atomic E-state index is -1.04. The van der Waals surface area contributed by atoms with Crippen LogP contribution >= 0.6 is 0 Å². The van der Waals surface area contributed by atoms with Crippen LogP contribution in [0.5, 0.6) is 0 Å². The first-order valence-corrected chi connectivity index (χ1v) is 18.5. The smallest absolute Gasteiger partial charge is 0.228 e. The summed E-state index contributed by atoms with van der Waals surface area (Å²) in [6, 6.07) is 4.67. The number of hydrogen-bond donors (Lipinski definition) is 1. The van der Waals surface area contributed by atoms with Gasteiger partial charge in [-0.2, -0.15) is 0 Å². The monoisotopic (exact) mass is 702 g/mol. The molecule has 2 heterocycles. The third-order valence-electron chi connectivity index (χ3n) is 10.8. The molecule has 11 heteroatoms. The van der Waals surface area contributed by atoms with Crippen molar-refractivity contribution < 1.29 is 33.8 Å². The van der Waals surface area contributed by atoms with Gasteiger partial charge >= 0.3 is 0 Å². The molecule has 1 aromatic heterocycles. The predicted octanol–water partition coefficient (Wildman–Crippen LogP) is 4.44. The summed E-state index contributed by atoms with van der Waals surface area (Å²) in [6.07, 6.45) is 3.68. The average Bonchev–Trinajstić information content (AvgIpc) is 3.56. The molecule has 2 amide bonds. The Balaban J connectivity index is 2.21. The number of ketones is 2. The van der Waals surface area contributed by atoms with E-state index in [4.69, 9.17) is 9.47 Å². The summed E-state index contributed by atoms with van der Waals surface area (Å²) >= 11 is 0. The highest BCUT2D eigenvalue weighted by Crippen LogP contribution is 2.31. The first kappa shape index (κ1) is 43.4. The summed E-state index contributed by atoms with van der Waals surface area (Å²) in [5.41, 5.74) is 0.957. The third kappa shape index (κ3) is 11.6. The van der Waals surface area contributed by atoms with Gasteiger partial charge in [-0.25, -0.2) is 0 Å². The molecule has 1 aromatic rings. The maximum absolute atomic E-state index is 14.1. The van der Waals surface area contributed by atoms with Crippen molar-refractivity contribution in [2.24, 2.45) is 23.7 Å². The fourth-order valence-electron chi connectivity index (χ4n) is 7.88. The number of aliphatic hydroxyl groups excluding tert-OH is 1. The molecule has 0 aliphatic carbocycles. The van der Waals surface area contributed by atoms with Gasteiger partial charge in [0.2, 0.25) is 11.8 Å². The number of nitrogens with zero attached hydrogens (tertiary/aromatic N) is 4. The number of pyridine rings is 1. The Labute approximate surface area is 301 Å². The predicted molar refractivity (Wildman–Crippen MR) is 195 cm³/mol. The average molecular weight is 703 g/mol. The molecule has 0 aromatic carbocycles. The van der Waals surface area contributed by atoms with E-state index in [0.717, 1.165) is 31.4 Å². The minimum Gasteiger partial charge on any atom is -0.393 e. The van der Waals surface area contributed by atoms with Gasteiger partial charge in [0.1, 0.15) is 5.78 Å². The van der Waals surface area contributed by atoms with Crippen molar-refractivity contribution in [3.05, 3.63) is 30.1 Å². The van der Waals surface area contributed by atoms with Gasteiger partial charge in [0.15, 0.2) is 5.78 Å². The zero-order valence-corrected chi connectivity index (χ0v) is 32.6. The Morgan fingerprint density at radius 1 is 1.00 bits per heavy atom. The second-order valence-corrected chi connectivity index (χ2v) is 14.9. The lowest BCUT2D eigenvalue weighted by Gasteiger charge is -2.40. The van der Waals surface area contributed by atoms with Crippen LogP contribution in [0.2, 0.25) is 0 Å². The van der Waals surface area contributed by atoms with Gasteiger partial charge in [-0.05, 0) is 70.7 Å². The van der Waals surface area contributed by atoms with Crippen molar-refractivity contribution in [2.75, 3.05) is 41.9 Å². The van der Waals surface area contributed by atoms with E-state index in [1.807, 2.05) is 76.7 Å². The molecule has 1 saturated heterocycles. The summed E-state index contributed by atoms with van der Waals surface area (Å²) in [4.78, 5) is 64.5. The van der Waals surface area contributed by atoms with Crippen molar-refractivity contribution in [2.45, 2.75) is 129 Å². The number of ether oxygens (including phenoxy) is 2. The number of aromatic nitrogens is 1. The van der Waals surface area contributed by atoms with E-state index in [2.05, 4.69) is 4.98 Å². The lowest BCUT2D eigenvalue weighted by molar-refractivity contribution is -0.150. The first-order chi connectivity index (χ1) is 23.6. The van der Waals surface area contributed by atoms with Crippen molar-refractivity contribution in [3.63, 3.8) is 0 Å². The van der Waals surface area contributed by atoms with Gasteiger partial charge in [-0.3, -0.25) is 29.1 Å². The molecule has 0 saturated carbocycles. The second-order valence-electron chi connectivity index (χ2n) is 14.9. The van der Waals surface area contributed by atoms with Crippen LogP contribution in [0, 0.1) is 23.7 Å². The van der Waals surface area contributed by atoms with Crippen LogP contribution in [0.25, 0.3) is 0 Å². The third-order valence-corrected chi connectivity index (χ3v) is 10.8. The molecule has 284 valence electrons. The van der Waals surface area contributed by atoms with E-state index in [9.17, 15) is 24.3 Å². The zero-order valence-electron chi connectivity index (χ0n) is 32.6. The van der Waals surface area contributed by atoms with E-state index in [1.54, 1.807) is 39.3 Å². The summed E-state index contributed by atoms with van der Waals surface area (Å²) in [6.45, 7) is 12.0. The van der Waals surface area contributed by atoms with Crippen LogP contribution in [0.1, 0.15) is 92.2 Å². The molecule has 0 radical (unpaired) electrons. The van der Waals surface area contributed by atoms with E-state index in [-0.39, 0.29) is 66.1 Å². The number of likely N-dealkylation sites (tertiary alicyclic amines) is 1. The van der Waals surface area contributed by atoms with Gasteiger partial charge in [0.25, 0.3) is 0 Å². The molecule has 0 bridgehead atoms. The van der Waals surface area contributed by atoms with Crippen LogP contribution in [-0.4, -0.2) is 127 Å². The second kappa shape index (κ2) is 21.0. The quantitative estimate of drug-likeness (QED) is 0.187. The number of methoxy groups -OCH3 is 2. The van der Waals surface area contributed by atoms with Crippen molar-refractivity contribution >= 4 is 23.4 Å². The molecular formula is C39H66N4O7. The zero-order chi connectivity index (χ0) is 37.7. The molecule has 50 heavy (non-hydrogen) atoms. The van der Waals surface area contributed by atoms with Crippen molar-refractivity contribution in [1.29, 1.82) is 0 Å². The lowest BCUT2D eigenvalue weighted by Crippen LogP contribution is -2.54. The summed E-state index contributed by atoms with van der Waals surface area (Å²) < 4.78 is 11.9. The number of Topliss-reactive ketones (excluding diaryl/α,β-unsaturated/α-hetero) is 2. The number of amides is 2. The standard InChI is InChI=1S/C39H66N4O7/c1-12-26(4)37(42(9)39(48)30(28(6)44)23-33(46)36(25(2)3)41(7)8)34(49-10)24-35(47)43-22-16-19-31(43)38(50-11)27(5)32(45)20-15-18-29-17-13-14-21-40-29/h13-14,17,21,25-28,30-31,34,36-38,44H,12,15-16,18-20,22-24H2,1-11H3/t26-,27-,28+,30-,31-,34+,36-,37-,38+/m0/s1. The van der Waals surface area contributed by atoms with E-state index in [1.165, 1.54) is 0 Å². The van der Waals surface area contributed by atoms with Crippen LogP contribution in [0.15, 0.2) is 24.4 Å². The van der Waals surface area contributed by atoms with Gasteiger partial charge in [0.05, 0.1) is 48.8 Å². The van der Waals surface area contributed by atoms with Gasteiger partial charge in [0, 0.05) is 58.5 Å². The summed E-state index contributed by atoms with van der Waals surface area (Å²) in [7, 11) is 8.53. The SMILES string of the molecule is CC[C@H](C)[C@@H]([C@@H](CC(=O)N1CCC[C@H]1[C@H](OC)[C@@H](C)C(=O)CCCc1ccccn1)OC)N(C)C(=O)[C@@H](CC(=O)[C@H](C(C)C)N(C)C)[C@@H](C)O. The number of carbonyl (C=O) groups excluding carboxylic acids is 4. The minimum absolute atomic E-state index is 0.0385. The highest BCUT2D eigenvalue weighted by atomic mass is 16.5. The maximum Gasteiger partial charge on any atom is 0.228 e. The molecule has 1 aliphatic rings. The fraction of sp³-hybridized carbons (Fsp3) is 0.769. The number of aliphatic hydroxyl groups is 1. The molecule has 2 rings (SSSR count). The molecule has 0 spiro atoms. The topological polar surface area (TPSA) is 130 Å². The molecule has 1 N–H and O–H groups in total. The molecule has 0 unspecified atom stereocenters. The molecule has 1 aliphatic heterocycles. The number of hydrogen-bond acceptors (Lipinski definition) is 9. The Bertz CT molecular complexity index is 1200. The van der Waals surface area contributed by atoms with Crippen molar-refractivity contribution in [3.8, 4) is 0 Å². The number of aryl methyl sites for hydroxylation is 1. The van der Waals surface area contributed by atoms with Crippen molar-refractivity contribution in [1.82, 2.24) is 19.7 Å². The van der Waals surface area contributed by atoms with E-state index >= 15 is 0 Å². The number of carbonyl (C=O) groups is 4. The summed E-state index contributed by atoms with van der Waals surface area (Å²) in [5.74, 6) is -1.76. The molecule has 11 nitrogen and oxygen atoms in total. The van der Waals surface area contributed by atoms with Gasteiger partial charge < -0.3 is 24.4 Å². The highest BCUT2D eigenvalue weighted by Gasteiger charge is 2.43. The molecular weight excluding hydrogens is 636 g/mol. The Hall–Kier alpha value is -2.73. The number of likely N-dealkylation sites (N-methyl/N-ethyl adjacent to an activating group) is 2. The summed E-state index contributed by atoms with van der Waals surface area (Å²) in [5, 5.41) is 10.7. The van der Waals surface area contributed by atoms with Crippen LogP contribution in [0.4, 0.5) is 0 Å². The molecule has 9 atom stereocenters. The molecule has 1 fully saturated rings.